The van der Waals surface area contributed by atoms with Crippen LogP contribution >= 0.6 is 0 Å². The van der Waals surface area contributed by atoms with Gasteiger partial charge in [-0.25, -0.2) is 0 Å². The van der Waals surface area contributed by atoms with Crippen LogP contribution in [0.15, 0.2) is 0 Å². The molecule has 3 radical (unpaired) electrons. The fourth-order valence-electron chi connectivity index (χ4n) is 0. The van der Waals surface area contributed by atoms with Gasteiger partial charge in [-0.05, 0) is 0 Å². The predicted molar refractivity (Wildman–Crippen MR) is 17.8 cm³/mol. The molecule has 0 aromatic rings. The van der Waals surface area contributed by atoms with Crippen molar-refractivity contribution in [2.75, 3.05) is 0 Å². The molecule has 0 amide bonds. The van der Waals surface area contributed by atoms with Gasteiger partial charge in [0.2, 0.25) is 0 Å². The Kier molecular flexibility index (Phi) is 125. The molecule has 0 unspecified atom stereocenters. The van der Waals surface area contributed by atoms with Crippen LogP contribution < -0.4 is 0 Å². The van der Waals surface area contributed by atoms with Gasteiger partial charge in [0.1, 0.15) is 0 Å². The molecule has 0 aliphatic rings. The summed E-state index contributed by atoms with van der Waals surface area (Å²) in [6, 6.07) is 0. The molecule has 0 fully saturated rings. The van der Waals surface area contributed by atoms with Gasteiger partial charge in [-0.2, -0.15) is 0 Å². The monoisotopic (exact) mass is 473 g/mol. The zero-order chi connectivity index (χ0) is 2.00. The quantitative estimate of drug-likeness (QED) is 0.377. The molecule has 0 aromatic carbocycles. The molecule has 0 saturated carbocycles. The summed E-state index contributed by atoms with van der Waals surface area (Å²) in [5.41, 5.74) is 0. The van der Waals surface area contributed by atoms with Crippen molar-refractivity contribution in [3.63, 3.8) is 0 Å². The molecule has 0 spiro atoms. The van der Waals surface area contributed by atoms with E-state index in [9.17, 15) is 0 Å². The summed E-state index contributed by atoms with van der Waals surface area (Å²) in [4.78, 5) is 0. The summed E-state index contributed by atoms with van der Waals surface area (Å²) >= 11 is 0.700. The summed E-state index contributed by atoms with van der Waals surface area (Å²) in [6.07, 6.45) is 0. The van der Waals surface area contributed by atoms with E-state index in [1.54, 1.807) is 0 Å². The third-order valence-electron chi connectivity index (χ3n) is 0. The molecule has 0 heterocycles. The Balaban J connectivity index is -0.00000000167. The fraction of sp³-hybridized carbons (Fsp3) is 0. The first-order chi connectivity index (χ1) is 1.00. The van der Waals surface area contributed by atoms with Gasteiger partial charge in [0.05, 0.1) is 0 Å². The van der Waals surface area contributed by atoms with Crippen molar-refractivity contribution in [2.24, 2.45) is 0 Å². The summed E-state index contributed by atoms with van der Waals surface area (Å²) in [7, 11) is 0. The SMILES string of the molecule is [Co].[O]=[Mo].[PbH2].[SrH2]. The number of hydrogen-bond acceptors (Lipinski definition) is 1. The molecule has 5 heteroatoms. The van der Waals surface area contributed by atoms with Crippen molar-refractivity contribution in [3.05, 3.63) is 0 Å². The Hall–Kier alpha value is 3.40. The molecule has 0 bridgehead atoms. The number of hydrogen-bond donors (Lipinski definition) is 0. The molecular formula is H4CoMoOPbSr. The van der Waals surface area contributed by atoms with Gasteiger partial charge in [0.25, 0.3) is 0 Å². The summed E-state index contributed by atoms with van der Waals surface area (Å²) < 4.78 is 8.26. The molecule has 0 saturated heterocycles. The predicted octanol–water partition coefficient (Wildman–Crippen LogP) is -1.96. The average Bonchev–Trinajstić information content (AvgIpc) is 1.00. The van der Waals surface area contributed by atoms with Crippen LogP contribution in [0.3, 0.4) is 0 Å². The molecule has 1 nitrogen and oxygen atoms in total. The van der Waals surface area contributed by atoms with Crippen LogP contribution in [0, 0.1) is 0 Å². The zero-order valence-corrected chi connectivity index (χ0v) is 10.4. The maximum absolute atomic E-state index is 8.26. The van der Waals surface area contributed by atoms with Crippen LogP contribution in [0.25, 0.3) is 0 Å². The standard InChI is InChI=1S/Co.Mo.O.Pb.Sr.4H. The van der Waals surface area contributed by atoms with Gasteiger partial charge >= 0.3 is 96.0 Å². The first-order valence-electron chi connectivity index (χ1n) is 0.167. The Bertz CT molecular complexity index is 11.6. The van der Waals surface area contributed by atoms with Crippen molar-refractivity contribution < 1.29 is 40.0 Å². The minimum atomic E-state index is 0. The molecule has 0 aromatic heterocycles. The second-order valence-corrected chi connectivity index (χ2v) is 0. The average molecular weight is 470 g/mol. The van der Waals surface area contributed by atoms with Crippen LogP contribution in [-0.4, -0.2) is 72.8 Å². The molecule has 5 heavy (non-hydrogen) atoms. The summed E-state index contributed by atoms with van der Waals surface area (Å²) in [5.74, 6) is 0. The van der Waals surface area contributed by atoms with E-state index in [1.807, 2.05) is 0 Å². The van der Waals surface area contributed by atoms with E-state index in [-0.39, 0.29) is 89.6 Å². The van der Waals surface area contributed by atoms with E-state index in [4.69, 9.17) is 3.40 Å². The second kappa shape index (κ2) is 26.2. The first-order valence-corrected chi connectivity index (χ1v) is 0.986. The van der Waals surface area contributed by atoms with Crippen LogP contribution in [0.5, 0.6) is 0 Å². The molecular weight excluding hydrogens is 466 g/mol. The van der Waals surface area contributed by atoms with E-state index in [2.05, 4.69) is 0 Å². The van der Waals surface area contributed by atoms with Gasteiger partial charge in [0, 0.05) is 16.8 Å². The van der Waals surface area contributed by atoms with Crippen molar-refractivity contribution in [1.82, 2.24) is 0 Å². The third kappa shape index (κ3) is 18.7. The molecule has 0 aliphatic carbocycles. The van der Waals surface area contributed by atoms with Gasteiger partial charge in [-0.1, -0.05) is 0 Å². The fourth-order valence-corrected chi connectivity index (χ4v) is 0. The van der Waals surface area contributed by atoms with Crippen LogP contribution in [-0.2, 0) is 40.0 Å². The second-order valence-electron chi connectivity index (χ2n) is 0. The van der Waals surface area contributed by atoms with Crippen LogP contribution in [0.2, 0.25) is 0 Å². The molecule has 0 N–H and O–H groups in total. The van der Waals surface area contributed by atoms with Gasteiger partial charge in [-0.15, -0.1) is 0 Å². The van der Waals surface area contributed by atoms with Crippen molar-refractivity contribution >= 4 is 72.8 Å². The van der Waals surface area contributed by atoms with E-state index >= 15 is 0 Å². The first kappa shape index (κ1) is 23.8. The summed E-state index contributed by atoms with van der Waals surface area (Å²) in [6.45, 7) is 0. The van der Waals surface area contributed by atoms with Gasteiger partial charge < -0.3 is 0 Å². The van der Waals surface area contributed by atoms with E-state index in [0.29, 0.717) is 19.8 Å². The maximum atomic E-state index is 8.26. The number of rotatable bonds is 0. The van der Waals surface area contributed by atoms with E-state index < -0.39 is 0 Å². The van der Waals surface area contributed by atoms with Crippen LogP contribution in [0.4, 0.5) is 0 Å². The Morgan fingerprint density at radius 2 is 1.20 bits per heavy atom. The summed E-state index contributed by atoms with van der Waals surface area (Å²) in [5, 5.41) is 0. The van der Waals surface area contributed by atoms with E-state index in [0.717, 1.165) is 0 Å². The minimum absolute atomic E-state index is 0. The van der Waals surface area contributed by atoms with Crippen LogP contribution in [0.1, 0.15) is 0 Å². The Morgan fingerprint density at radius 3 is 1.20 bits per heavy atom. The van der Waals surface area contributed by atoms with Gasteiger partial charge in [0.15, 0.2) is 0 Å². The third-order valence-corrected chi connectivity index (χ3v) is 0. The van der Waals surface area contributed by atoms with Crippen molar-refractivity contribution in [2.45, 2.75) is 0 Å². The Labute approximate surface area is 110 Å². The molecule has 0 atom stereocenters. The normalized spacial score (nSPS) is 0.800. The van der Waals surface area contributed by atoms with Crippen molar-refractivity contribution in [3.8, 4) is 0 Å². The van der Waals surface area contributed by atoms with E-state index in [1.165, 1.54) is 0 Å². The zero-order valence-electron chi connectivity index (χ0n) is 1.86. The topological polar surface area (TPSA) is 17.1 Å². The molecule has 0 rings (SSSR count). The Morgan fingerprint density at radius 1 is 1.20 bits per heavy atom. The van der Waals surface area contributed by atoms with Gasteiger partial charge in [-0.3, -0.25) is 0 Å². The molecule has 0 aliphatic heterocycles. The molecule has 31 valence electrons. The van der Waals surface area contributed by atoms with Crippen molar-refractivity contribution in [1.29, 1.82) is 0 Å².